The van der Waals surface area contributed by atoms with Crippen LogP contribution in [0.25, 0.3) is 0 Å². The highest BCUT2D eigenvalue weighted by atomic mass is 16.5. The molecule has 0 aromatic heterocycles. The molecule has 1 saturated carbocycles. The summed E-state index contributed by atoms with van der Waals surface area (Å²) in [7, 11) is 0. The minimum Gasteiger partial charge on any atom is -0.379 e. The van der Waals surface area contributed by atoms with E-state index in [1.807, 2.05) is 0 Å². The molecule has 1 saturated heterocycles. The molecule has 2 fully saturated rings. The maximum Gasteiger partial charge on any atom is 0.0813 e. The number of nitrogens with one attached hydrogen (secondary N) is 1. The highest BCUT2D eigenvalue weighted by Crippen LogP contribution is 2.28. The summed E-state index contributed by atoms with van der Waals surface area (Å²) in [5.74, 6) is 1.12. The monoisotopic (exact) mass is 425 g/mol. The lowest BCUT2D eigenvalue weighted by molar-refractivity contribution is -0.0149. The largest absolute Gasteiger partial charge is 0.379 e. The fourth-order valence-electron chi connectivity index (χ4n) is 4.30. The van der Waals surface area contributed by atoms with Gasteiger partial charge >= 0.3 is 0 Å². The molecule has 0 aromatic carbocycles. The first kappa shape index (κ1) is 27.9. The van der Waals surface area contributed by atoms with Gasteiger partial charge in [-0.1, -0.05) is 104 Å². The van der Waals surface area contributed by atoms with E-state index in [2.05, 4.69) is 26.1 Å². The van der Waals surface area contributed by atoms with Crippen LogP contribution < -0.4 is 5.32 Å². The standard InChI is InChI=1S/C21H43NO2.C6H12/c1-3-5-6-7-8-9-10-11-12-13-17-23-19-21-15-14-20(24-21)18-22-16-4-2;1-2-6-4-3-5-6/h20-22H,3-19H2,1-2H3;6H,2-5H2,1H3. The van der Waals surface area contributed by atoms with Crippen LogP contribution in [0.3, 0.4) is 0 Å². The predicted molar refractivity (Wildman–Crippen MR) is 131 cm³/mol. The van der Waals surface area contributed by atoms with Gasteiger partial charge in [0.2, 0.25) is 0 Å². The van der Waals surface area contributed by atoms with Crippen molar-refractivity contribution in [1.29, 1.82) is 0 Å². The molecule has 1 aliphatic heterocycles. The Bertz CT molecular complexity index is 343. The first-order valence-electron chi connectivity index (χ1n) is 13.7. The fourth-order valence-corrected chi connectivity index (χ4v) is 4.30. The molecule has 3 heteroatoms. The van der Waals surface area contributed by atoms with Crippen molar-refractivity contribution in [1.82, 2.24) is 5.32 Å². The van der Waals surface area contributed by atoms with Crippen LogP contribution in [-0.2, 0) is 9.47 Å². The molecule has 2 atom stereocenters. The second-order valence-electron chi connectivity index (χ2n) is 9.62. The van der Waals surface area contributed by atoms with Gasteiger partial charge in [0.1, 0.15) is 0 Å². The fraction of sp³-hybridized carbons (Fsp3) is 1.00. The minimum absolute atomic E-state index is 0.335. The number of ether oxygens (including phenoxy) is 2. The van der Waals surface area contributed by atoms with Gasteiger partial charge in [-0.25, -0.2) is 0 Å². The van der Waals surface area contributed by atoms with Gasteiger partial charge in [0.05, 0.1) is 18.8 Å². The Morgan fingerprint density at radius 2 is 1.37 bits per heavy atom. The molecule has 3 nitrogen and oxygen atoms in total. The topological polar surface area (TPSA) is 30.5 Å². The van der Waals surface area contributed by atoms with Crippen molar-refractivity contribution in [3.63, 3.8) is 0 Å². The maximum atomic E-state index is 6.02. The van der Waals surface area contributed by atoms with E-state index in [4.69, 9.17) is 9.47 Å². The average molecular weight is 426 g/mol. The summed E-state index contributed by atoms with van der Waals surface area (Å²) in [6.45, 7) is 10.6. The van der Waals surface area contributed by atoms with Gasteiger partial charge in [-0.05, 0) is 38.1 Å². The summed E-state index contributed by atoms with van der Waals surface area (Å²) >= 11 is 0. The normalized spacial score (nSPS) is 21.3. The molecule has 1 N–H and O–H groups in total. The SMILES string of the molecule is CCC1CCC1.CCCCCCCCCCCCOCC1CCC(CNCCC)O1. The zero-order valence-electron chi connectivity index (χ0n) is 20.9. The number of hydrogen-bond donors (Lipinski definition) is 1. The summed E-state index contributed by atoms with van der Waals surface area (Å²) < 4.78 is 11.8. The average Bonchev–Trinajstić information content (AvgIpc) is 3.16. The molecule has 2 aliphatic rings. The molecule has 1 heterocycles. The molecule has 0 spiro atoms. The third-order valence-electron chi connectivity index (χ3n) is 6.74. The van der Waals surface area contributed by atoms with E-state index in [0.717, 1.165) is 38.6 Å². The Labute approximate surface area is 189 Å². The van der Waals surface area contributed by atoms with Crippen LogP contribution >= 0.6 is 0 Å². The molecule has 30 heavy (non-hydrogen) atoms. The van der Waals surface area contributed by atoms with Crippen molar-refractivity contribution in [3.05, 3.63) is 0 Å². The zero-order chi connectivity index (χ0) is 21.7. The summed E-state index contributed by atoms with van der Waals surface area (Å²) in [6.07, 6.45) is 24.0. The van der Waals surface area contributed by atoms with Crippen LogP contribution in [0.15, 0.2) is 0 Å². The van der Waals surface area contributed by atoms with Gasteiger partial charge in [-0.15, -0.1) is 0 Å². The van der Waals surface area contributed by atoms with E-state index < -0.39 is 0 Å². The molecule has 0 amide bonds. The Kier molecular flexibility index (Phi) is 19.3. The van der Waals surface area contributed by atoms with Crippen LogP contribution in [0.4, 0.5) is 0 Å². The summed E-state index contributed by atoms with van der Waals surface area (Å²) in [5, 5.41) is 3.45. The van der Waals surface area contributed by atoms with Crippen LogP contribution in [-0.4, -0.2) is 38.5 Å². The van der Waals surface area contributed by atoms with Crippen molar-refractivity contribution in [2.24, 2.45) is 5.92 Å². The van der Waals surface area contributed by atoms with Gasteiger partial charge in [-0.2, -0.15) is 0 Å². The number of hydrogen-bond acceptors (Lipinski definition) is 3. The molecule has 2 unspecified atom stereocenters. The number of rotatable bonds is 18. The summed E-state index contributed by atoms with van der Waals surface area (Å²) in [6, 6.07) is 0. The second kappa shape index (κ2) is 20.8. The Balaban J connectivity index is 0.000000637. The van der Waals surface area contributed by atoms with Gasteiger partial charge < -0.3 is 14.8 Å². The predicted octanol–water partition coefficient (Wildman–Crippen LogP) is 7.67. The van der Waals surface area contributed by atoms with Gasteiger partial charge in [0.25, 0.3) is 0 Å². The summed E-state index contributed by atoms with van der Waals surface area (Å²) in [4.78, 5) is 0. The van der Waals surface area contributed by atoms with Crippen LogP contribution in [0.5, 0.6) is 0 Å². The summed E-state index contributed by atoms with van der Waals surface area (Å²) in [5.41, 5.74) is 0. The van der Waals surface area contributed by atoms with Crippen LogP contribution in [0.1, 0.15) is 130 Å². The highest BCUT2D eigenvalue weighted by Gasteiger charge is 2.24. The van der Waals surface area contributed by atoms with Crippen molar-refractivity contribution < 1.29 is 9.47 Å². The lowest BCUT2D eigenvalue weighted by Crippen LogP contribution is -2.28. The van der Waals surface area contributed by atoms with E-state index in [9.17, 15) is 0 Å². The lowest BCUT2D eigenvalue weighted by atomic mass is 9.84. The third-order valence-corrected chi connectivity index (χ3v) is 6.74. The van der Waals surface area contributed by atoms with E-state index in [-0.39, 0.29) is 0 Å². The van der Waals surface area contributed by atoms with E-state index in [0.29, 0.717) is 12.2 Å². The van der Waals surface area contributed by atoms with E-state index in [1.165, 1.54) is 103 Å². The first-order chi connectivity index (χ1) is 14.8. The Hall–Kier alpha value is -0.120. The van der Waals surface area contributed by atoms with Gasteiger partial charge in [0, 0.05) is 13.2 Å². The maximum absolute atomic E-state index is 6.02. The molecule has 0 radical (unpaired) electrons. The zero-order valence-corrected chi connectivity index (χ0v) is 20.9. The molecule has 2 rings (SSSR count). The Morgan fingerprint density at radius 1 is 0.733 bits per heavy atom. The van der Waals surface area contributed by atoms with Crippen molar-refractivity contribution in [2.75, 3.05) is 26.3 Å². The molecule has 1 aliphatic carbocycles. The smallest absolute Gasteiger partial charge is 0.0813 e. The molecular weight excluding hydrogens is 370 g/mol. The van der Waals surface area contributed by atoms with Gasteiger partial charge in [0.15, 0.2) is 0 Å². The van der Waals surface area contributed by atoms with Crippen LogP contribution in [0.2, 0.25) is 0 Å². The lowest BCUT2D eigenvalue weighted by Gasteiger charge is -2.22. The highest BCUT2D eigenvalue weighted by molar-refractivity contribution is 4.75. The van der Waals surface area contributed by atoms with Crippen LogP contribution in [0, 0.1) is 5.92 Å². The quantitative estimate of drug-likeness (QED) is 0.229. The molecular formula is C27H55NO2. The third kappa shape index (κ3) is 15.6. The van der Waals surface area contributed by atoms with Gasteiger partial charge in [-0.3, -0.25) is 0 Å². The van der Waals surface area contributed by atoms with E-state index >= 15 is 0 Å². The Morgan fingerprint density at radius 3 is 1.90 bits per heavy atom. The molecule has 180 valence electrons. The molecule has 0 bridgehead atoms. The minimum atomic E-state index is 0.335. The first-order valence-corrected chi connectivity index (χ1v) is 13.7. The molecule has 0 aromatic rings. The van der Waals surface area contributed by atoms with Crippen molar-refractivity contribution in [2.45, 2.75) is 142 Å². The second-order valence-corrected chi connectivity index (χ2v) is 9.62. The van der Waals surface area contributed by atoms with Crippen molar-refractivity contribution in [3.8, 4) is 0 Å². The van der Waals surface area contributed by atoms with E-state index in [1.54, 1.807) is 0 Å². The number of unbranched alkanes of at least 4 members (excludes halogenated alkanes) is 9. The van der Waals surface area contributed by atoms with Crippen molar-refractivity contribution >= 4 is 0 Å².